The molecule has 0 aliphatic carbocycles. The maximum absolute atomic E-state index is 12.8. The predicted molar refractivity (Wildman–Crippen MR) is 117 cm³/mol. The molecule has 0 aliphatic heterocycles. The quantitative estimate of drug-likeness (QED) is 0.606. The molecule has 152 valence electrons. The van der Waals surface area contributed by atoms with Crippen LogP contribution in [0.1, 0.15) is 46.5 Å². The van der Waals surface area contributed by atoms with Crippen LogP contribution in [0.3, 0.4) is 0 Å². The molecule has 0 aliphatic rings. The zero-order chi connectivity index (χ0) is 20.8. The van der Waals surface area contributed by atoms with Crippen molar-refractivity contribution in [2.24, 2.45) is 5.92 Å². The Balaban J connectivity index is 1.83. The van der Waals surface area contributed by atoms with Gasteiger partial charge in [-0.1, -0.05) is 33.3 Å². The molecule has 3 aromatic rings. The molecule has 3 rings (SSSR count). The third-order valence-electron chi connectivity index (χ3n) is 4.89. The minimum atomic E-state index is -0.0229. The van der Waals surface area contributed by atoms with Gasteiger partial charge in [-0.25, -0.2) is 9.97 Å². The fourth-order valence-corrected chi connectivity index (χ4v) is 3.08. The van der Waals surface area contributed by atoms with E-state index in [-0.39, 0.29) is 11.5 Å². The Morgan fingerprint density at radius 1 is 1.14 bits per heavy atom. The van der Waals surface area contributed by atoms with Crippen LogP contribution in [-0.2, 0) is 11.3 Å². The van der Waals surface area contributed by atoms with Crippen molar-refractivity contribution in [2.45, 2.75) is 53.0 Å². The number of anilines is 1. The van der Waals surface area contributed by atoms with Gasteiger partial charge in [-0.3, -0.25) is 14.2 Å². The lowest BCUT2D eigenvalue weighted by Gasteiger charge is -2.10. The molecule has 6 nitrogen and oxygen atoms in total. The first-order valence-corrected chi connectivity index (χ1v) is 10.2. The van der Waals surface area contributed by atoms with Crippen LogP contribution >= 0.6 is 0 Å². The fourth-order valence-electron chi connectivity index (χ4n) is 3.08. The van der Waals surface area contributed by atoms with Crippen molar-refractivity contribution in [3.05, 3.63) is 53.2 Å². The maximum Gasteiger partial charge on any atom is 0.261 e. The molecule has 2 aromatic heterocycles. The van der Waals surface area contributed by atoms with Crippen molar-refractivity contribution in [2.75, 3.05) is 5.32 Å². The molecule has 0 radical (unpaired) electrons. The SMILES string of the molecule is CCCCC(=O)Nc1ccc(-c2ccc3ncn(CCC(C)C)c(=O)c3c2)cn1. The van der Waals surface area contributed by atoms with E-state index in [1.54, 1.807) is 23.2 Å². The molecule has 1 N–H and O–H groups in total. The summed E-state index contributed by atoms with van der Waals surface area (Å²) in [5, 5.41) is 3.41. The largest absolute Gasteiger partial charge is 0.311 e. The maximum atomic E-state index is 12.8. The summed E-state index contributed by atoms with van der Waals surface area (Å²) in [4.78, 5) is 33.5. The number of hydrogen-bond acceptors (Lipinski definition) is 4. The number of aromatic nitrogens is 3. The van der Waals surface area contributed by atoms with Gasteiger partial charge in [0.05, 0.1) is 17.2 Å². The van der Waals surface area contributed by atoms with Gasteiger partial charge in [-0.15, -0.1) is 0 Å². The minimum Gasteiger partial charge on any atom is -0.311 e. The van der Waals surface area contributed by atoms with E-state index in [9.17, 15) is 9.59 Å². The van der Waals surface area contributed by atoms with Crippen molar-refractivity contribution in [3.63, 3.8) is 0 Å². The summed E-state index contributed by atoms with van der Waals surface area (Å²) in [5.74, 6) is 1.04. The molecular weight excluding hydrogens is 364 g/mol. The van der Waals surface area contributed by atoms with Gasteiger partial charge in [-0.2, -0.15) is 0 Å². The molecule has 29 heavy (non-hydrogen) atoms. The first kappa shape index (κ1) is 20.7. The van der Waals surface area contributed by atoms with Gasteiger partial charge < -0.3 is 5.32 Å². The number of unbranched alkanes of at least 4 members (excludes halogenated alkanes) is 1. The smallest absolute Gasteiger partial charge is 0.261 e. The third-order valence-corrected chi connectivity index (χ3v) is 4.89. The highest BCUT2D eigenvalue weighted by Crippen LogP contribution is 2.22. The molecule has 0 unspecified atom stereocenters. The number of amides is 1. The average molecular weight is 393 g/mol. The molecule has 0 spiro atoms. The van der Waals surface area contributed by atoms with E-state index in [0.29, 0.717) is 35.6 Å². The Hall–Kier alpha value is -3.02. The van der Waals surface area contributed by atoms with E-state index in [4.69, 9.17) is 0 Å². The molecule has 0 saturated heterocycles. The van der Waals surface area contributed by atoms with Gasteiger partial charge in [0.25, 0.3) is 5.56 Å². The summed E-state index contributed by atoms with van der Waals surface area (Å²) in [5.41, 5.74) is 2.45. The molecule has 6 heteroatoms. The lowest BCUT2D eigenvalue weighted by molar-refractivity contribution is -0.116. The molecule has 0 saturated carbocycles. The second kappa shape index (κ2) is 9.45. The zero-order valence-corrected chi connectivity index (χ0v) is 17.3. The number of nitrogens with one attached hydrogen (secondary N) is 1. The molecular formula is C23H28N4O2. The number of fused-ring (bicyclic) bond motifs is 1. The molecule has 0 atom stereocenters. The number of aryl methyl sites for hydroxylation is 1. The van der Waals surface area contributed by atoms with Gasteiger partial charge in [0, 0.05) is 24.7 Å². The summed E-state index contributed by atoms with van der Waals surface area (Å²) in [6.07, 6.45) is 6.62. The second-order valence-electron chi connectivity index (χ2n) is 7.74. The Labute approximate surface area is 171 Å². The van der Waals surface area contributed by atoms with Crippen molar-refractivity contribution < 1.29 is 4.79 Å². The Kier molecular flexibility index (Phi) is 6.75. The molecule has 0 bridgehead atoms. The van der Waals surface area contributed by atoms with Crippen molar-refractivity contribution in [3.8, 4) is 11.1 Å². The van der Waals surface area contributed by atoms with Crippen LogP contribution in [0, 0.1) is 5.92 Å². The number of nitrogens with zero attached hydrogens (tertiary/aromatic N) is 3. The van der Waals surface area contributed by atoms with E-state index in [0.717, 1.165) is 30.4 Å². The van der Waals surface area contributed by atoms with Crippen LogP contribution in [0.5, 0.6) is 0 Å². The molecule has 1 amide bonds. The number of rotatable bonds is 8. The summed E-state index contributed by atoms with van der Waals surface area (Å²) < 4.78 is 1.68. The Morgan fingerprint density at radius 3 is 2.62 bits per heavy atom. The van der Waals surface area contributed by atoms with E-state index in [1.807, 2.05) is 24.3 Å². The van der Waals surface area contributed by atoms with Gasteiger partial charge in [0.15, 0.2) is 0 Å². The van der Waals surface area contributed by atoms with Crippen LogP contribution in [0.2, 0.25) is 0 Å². The highest BCUT2D eigenvalue weighted by Gasteiger charge is 2.08. The highest BCUT2D eigenvalue weighted by molar-refractivity contribution is 5.90. The number of benzene rings is 1. The van der Waals surface area contributed by atoms with Crippen molar-refractivity contribution in [1.29, 1.82) is 0 Å². The fraction of sp³-hybridized carbons (Fsp3) is 0.391. The summed E-state index contributed by atoms with van der Waals surface area (Å²) in [6, 6.07) is 9.35. The zero-order valence-electron chi connectivity index (χ0n) is 17.3. The van der Waals surface area contributed by atoms with Gasteiger partial charge in [-0.05, 0) is 48.6 Å². The lowest BCUT2D eigenvalue weighted by Crippen LogP contribution is -2.21. The van der Waals surface area contributed by atoms with E-state index >= 15 is 0 Å². The van der Waals surface area contributed by atoms with Crippen molar-refractivity contribution in [1.82, 2.24) is 14.5 Å². The lowest BCUT2D eigenvalue weighted by atomic mass is 10.1. The third kappa shape index (κ3) is 5.28. The van der Waals surface area contributed by atoms with Crippen molar-refractivity contribution >= 4 is 22.6 Å². The van der Waals surface area contributed by atoms with E-state index < -0.39 is 0 Å². The van der Waals surface area contributed by atoms with Gasteiger partial charge in [0.2, 0.25) is 5.91 Å². The number of hydrogen-bond donors (Lipinski definition) is 1. The average Bonchev–Trinajstić information content (AvgIpc) is 2.72. The normalized spacial score (nSPS) is 11.2. The Morgan fingerprint density at radius 2 is 1.93 bits per heavy atom. The number of carbonyl (C=O) groups excluding carboxylic acids is 1. The number of carbonyl (C=O) groups is 1. The van der Waals surface area contributed by atoms with E-state index in [2.05, 4.69) is 36.1 Å². The van der Waals surface area contributed by atoms with Crippen LogP contribution in [0.25, 0.3) is 22.0 Å². The first-order valence-electron chi connectivity index (χ1n) is 10.2. The monoisotopic (exact) mass is 392 g/mol. The van der Waals surface area contributed by atoms with Crippen LogP contribution in [-0.4, -0.2) is 20.4 Å². The topological polar surface area (TPSA) is 76.9 Å². The molecule has 1 aromatic carbocycles. The van der Waals surface area contributed by atoms with Gasteiger partial charge in [0.1, 0.15) is 5.82 Å². The standard InChI is InChI=1S/C23H28N4O2/c1-4-5-6-22(28)26-21-10-8-18(14-24-21)17-7-9-20-19(13-17)23(29)27(15-25-20)12-11-16(2)3/h7-10,13-16H,4-6,11-12H2,1-3H3,(H,24,26,28). The Bertz CT molecular complexity index is 1040. The molecule has 0 fully saturated rings. The predicted octanol–water partition coefficient (Wildman–Crippen LogP) is 4.63. The van der Waals surface area contributed by atoms with Crippen LogP contribution in [0.4, 0.5) is 5.82 Å². The highest BCUT2D eigenvalue weighted by atomic mass is 16.1. The molecule has 2 heterocycles. The van der Waals surface area contributed by atoms with Crippen LogP contribution < -0.4 is 10.9 Å². The minimum absolute atomic E-state index is 0.0224. The van der Waals surface area contributed by atoms with Crippen LogP contribution in [0.15, 0.2) is 47.7 Å². The number of pyridine rings is 1. The summed E-state index contributed by atoms with van der Waals surface area (Å²) >= 11 is 0. The second-order valence-corrected chi connectivity index (χ2v) is 7.74. The summed E-state index contributed by atoms with van der Waals surface area (Å²) in [7, 11) is 0. The first-order chi connectivity index (χ1) is 14.0. The summed E-state index contributed by atoms with van der Waals surface area (Å²) in [6.45, 7) is 7.00. The van der Waals surface area contributed by atoms with Gasteiger partial charge >= 0.3 is 0 Å². The van der Waals surface area contributed by atoms with E-state index in [1.165, 1.54) is 0 Å².